The summed E-state index contributed by atoms with van der Waals surface area (Å²) >= 11 is 0. The first-order valence-electron chi connectivity index (χ1n) is 9.01. The van der Waals surface area contributed by atoms with Crippen molar-refractivity contribution in [3.05, 3.63) is 23.0 Å². The normalized spacial score (nSPS) is 19.9. The van der Waals surface area contributed by atoms with Gasteiger partial charge in [0, 0.05) is 17.7 Å². The summed E-state index contributed by atoms with van der Waals surface area (Å²) in [4.78, 5) is 17.3. The number of aromatic nitrogens is 2. The highest BCUT2D eigenvalue weighted by Crippen LogP contribution is 2.32. The van der Waals surface area contributed by atoms with E-state index in [0.717, 1.165) is 55.5 Å². The second kappa shape index (κ2) is 6.51. The third-order valence-electron chi connectivity index (χ3n) is 5.26. The maximum atomic E-state index is 12.9. The monoisotopic (exact) mass is 328 g/mol. The first-order valence-corrected chi connectivity index (χ1v) is 9.01. The van der Waals surface area contributed by atoms with Gasteiger partial charge in [-0.2, -0.15) is 0 Å². The lowest BCUT2D eigenvalue weighted by Crippen LogP contribution is -2.33. The number of carbonyl (C=O) groups excluding carboxylic acids is 1. The number of piperidine rings is 1. The van der Waals surface area contributed by atoms with Crippen LogP contribution in [-0.4, -0.2) is 35.2 Å². The second-order valence-electron chi connectivity index (χ2n) is 7.04. The second-order valence-corrected chi connectivity index (χ2v) is 7.04. The zero-order valence-electron chi connectivity index (χ0n) is 14.1. The molecule has 0 aromatic carbocycles. The van der Waals surface area contributed by atoms with E-state index < -0.39 is 0 Å². The van der Waals surface area contributed by atoms with E-state index in [1.165, 1.54) is 12.8 Å². The van der Waals surface area contributed by atoms with Crippen LogP contribution in [-0.2, 0) is 0 Å². The Bertz CT molecular complexity index is 743. The fourth-order valence-electron chi connectivity index (χ4n) is 3.98. The van der Waals surface area contributed by atoms with Crippen LogP contribution in [0.3, 0.4) is 0 Å². The Balaban J connectivity index is 1.72. The predicted octanol–water partition coefficient (Wildman–Crippen LogP) is 2.67. The van der Waals surface area contributed by atoms with Crippen molar-refractivity contribution >= 4 is 17.0 Å². The highest BCUT2D eigenvalue weighted by Gasteiger charge is 2.27. The molecule has 0 unspecified atom stereocenters. The summed E-state index contributed by atoms with van der Waals surface area (Å²) in [6, 6.07) is 2.16. The van der Waals surface area contributed by atoms with Gasteiger partial charge in [-0.25, -0.2) is 4.98 Å². The number of pyridine rings is 1. The summed E-state index contributed by atoms with van der Waals surface area (Å²) < 4.78 is 5.48. The van der Waals surface area contributed by atoms with Gasteiger partial charge in [0.25, 0.3) is 11.6 Å². The van der Waals surface area contributed by atoms with E-state index in [9.17, 15) is 4.79 Å². The van der Waals surface area contributed by atoms with E-state index in [1.807, 2.05) is 13.0 Å². The Labute approximate surface area is 141 Å². The molecule has 0 radical (unpaired) electrons. The molecule has 3 heterocycles. The van der Waals surface area contributed by atoms with E-state index in [0.29, 0.717) is 23.2 Å². The van der Waals surface area contributed by atoms with Gasteiger partial charge in [0.05, 0.1) is 16.6 Å². The van der Waals surface area contributed by atoms with Crippen molar-refractivity contribution in [2.75, 3.05) is 13.1 Å². The molecule has 1 saturated carbocycles. The molecule has 2 aliphatic rings. The molecule has 2 aromatic rings. The number of fused-ring (bicyclic) bond motifs is 1. The highest BCUT2D eigenvalue weighted by molar-refractivity contribution is 6.06. The van der Waals surface area contributed by atoms with E-state index in [1.54, 1.807) is 0 Å². The molecule has 1 saturated heterocycles. The average molecular weight is 328 g/mol. The largest absolute Gasteiger partial charge is 0.349 e. The van der Waals surface area contributed by atoms with Crippen molar-refractivity contribution in [3.8, 4) is 0 Å². The van der Waals surface area contributed by atoms with Crippen molar-refractivity contribution in [1.29, 1.82) is 0 Å². The number of hydrogen-bond donors (Lipinski definition) is 2. The van der Waals surface area contributed by atoms with E-state index >= 15 is 0 Å². The van der Waals surface area contributed by atoms with Gasteiger partial charge in [0.1, 0.15) is 0 Å². The van der Waals surface area contributed by atoms with Crippen molar-refractivity contribution in [2.24, 2.45) is 0 Å². The topological polar surface area (TPSA) is 80.0 Å². The van der Waals surface area contributed by atoms with Crippen molar-refractivity contribution in [3.63, 3.8) is 0 Å². The molecule has 128 valence electrons. The van der Waals surface area contributed by atoms with Crippen LogP contribution in [0.15, 0.2) is 10.6 Å². The van der Waals surface area contributed by atoms with Crippen LogP contribution in [0.1, 0.15) is 66.2 Å². The van der Waals surface area contributed by atoms with Gasteiger partial charge in [0.2, 0.25) is 0 Å². The van der Waals surface area contributed by atoms with E-state index in [4.69, 9.17) is 4.52 Å². The summed E-state index contributed by atoms with van der Waals surface area (Å²) in [6.07, 6.45) is 6.57. The van der Waals surface area contributed by atoms with E-state index in [-0.39, 0.29) is 5.91 Å². The Hall–Kier alpha value is -1.95. The van der Waals surface area contributed by atoms with Crippen LogP contribution >= 0.6 is 0 Å². The summed E-state index contributed by atoms with van der Waals surface area (Å²) in [5.74, 6) is 0.311. The number of hydrogen-bond acceptors (Lipinski definition) is 5. The lowest BCUT2D eigenvalue weighted by molar-refractivity contribution is 0.0939. The third kappa shape index (κ3) is 2.90. The molecule has 4 rings (SSSR count). The molecule has 1 aliphatic carbocycles. The van der Waals surface area contributed by atoms with Gasteiger partial charge in [-0.1, -0.05) is 18.0 Å². The molecule has 6 heteroatoms. The molecule has 2 aromatic heterocycles. The standard InChI is InChI=1S/C18H24N4O2/c1-11-10-14(17(23)21-13-4-2-3-5-13)15-16(22-24-18(15)20-11)12-6-8-19-9-7-12/h10,12-13,19H,2-9H2,1H3,(H,21,23). The number of carbonyl (C=O) groups is 1. The summed E-state index contributed by atoms with van der Waals surface area (Å²) in [7, 11) is 0. The van der Waals surface area contributed by atoms with Crippen LogP contribution in [0.5, 0.6) is 0 Å². The molecule has 6 nitrogen and oxygen atoms in total. The lowest BCUT2D eigenvalue weighted by atomic mass is 9.91. The average Bonchev–Trinajstić information content (AvgIpc) is 3.24. The lowest BCUT2D eigenvalue weighted by Gasteiger charge is -2.21. The van der Waals surface area contributed by atoms with Gasteiger partial charge in [-0.05, 0) is 51.8 Å². The smallest absolute Gasteiger partial charge is 0.259 e. The van der Waals surface area contributed by atoms with Gasteiger partial charge in [-0.15, -0.1) is 0 Å². The van der Waals surface area contributed by atoms with Crippen molar-refractivity contribution in [1.82, 2.24) is 20.8 Å². The maximum Gasteiger partial charge on any atom is 0.259 e. The molecule has 2 N–H and O–H groups in total. The van der Waals surface area contributed by atoms with Gasteiger partial charge >= 0.3 is 0 Å². The van der Waals surface area contributed by atoms with Crippen LogP contribution < -0.4 is 10.6 Å². The molecular weight excluding hydrogens is 304 g/mol. The summed E-state index contributed by atoms with van der Waals surface area (Å²) in [6.45, 7) is 3.84. The molecule has 0 spiro atoms. The van der Waals surface area contributed by atoms with Crippen LogP contribution in [0.4, 0.5) is 0 Å². The molecular formula is C18H24N4O2. The first-order chi connectivity index (χ1) is 11.7. The molecule has 0 atom stereocenters. The molecule has 24 heavy (non-hydrogen) atoms. The fraction of sp³-hybridized carbons (Fsp3) is 0.611. The summed E-state index contributed by atoms with van der Waals surface area (Å²) in [5, 5.41) is 11.7. The SMILES string of the molecule is Cc1cc(C(=O)NC2CCCC2)c2c(C3CCNCC3)noc2n1. The first kappa shape index (κ1) is 15.6. The van der Waals surface area contributed by atoms with Crippen LogP contribution in [0.25, 0.3) is 11.1 Å². The van der Waals surface area contributed by atoms with Crippen LogP contribution in [0.2, 0.25) is 0 Å². The number of rotatable bonds is 3. The quantitative estimate of drug-likeness (QED) is 0.905. The third-order valence-corrected chi connectivity index (χ3v) is 5.26. The molecule has 2 fully saturated rings. The highest BCUT2D eigenvalue weighted by atomic mass is 16.5. The van der Waals surface area contributed by atoms with Gasteiger partial charge in [0.15, 0.2) is 0 Å². The minimum Gasteiger partial charge on any atom is -0.349 e. The molecule has 0 bridgehead atoms. The number of nitrogens with zero attached hydrogens (tertiary/aromatic N) is 2. The Kier molecular flexibility index (Phi) is 4.22. The summed E-state index contributed by atoms with van der Waals surface area (Å²) in [5.41, 5.74) is 2.84. The molecule has 1 aliphatic heterocycles. The maximum absolute atomic E-state index is 12.9. The fourth-order valence-corrected chi connectivity index (χ4v) is 3.98. The predicted molar refractivity (Wildman–Crippen MR) is 91.1 cm³/mol. The zero-order chi connectivity index (χ0) is 16.5. The Morgan fingerprint density at radius 1 is 1.25 bits per heavy atom. The van der Waals surface area contributed by atoms with Crippen molar-refractivity contribution < 1.29 is 9.32 Å². The minimum absolute atomic E-state index is 0.0178. The van der Waals surface area contributed by atoms with Gasteiger partial charge < -0.3 is 15.2 Å². The zero-order valence-corrected chi connectivity index (χ0v) is 14.1. The Morgan fingerprint density at radius 3 is 2.75 bits per heavy atom. The van der Waals surface area contributed by atoms with Crippen LogP contribution in [0, 0.1) is 6.92 Å². The Morgan fingerprint density at radius 2 is 2.00 bits per heavy atom. The molecule has 1 amide bonds. The van der Waals surface area contributed by atoms with Gasteiger partial charge in [-0.3, -0.25) is 4.79 Å². The number of aryl methyl sites for hydroxylation is 1. The van der Waals surface area contributed by atoms with E-state index in [2.05, 4.69) is 20.8 Å². The number of amides is 1. The number of nitrogens with one attached hydrogen (secondary N) is 2. The van der Waals surface area contributed by atoms with Crippen molar-refractivity contribution in [2.45, 2.75) is 57.4 Å². The minimum atomic E-state index is -0.0178.